The predicted octanol–water partition coefficient (Wildman–Crippen LogP) is 4.46. The van der Waals surface area contributed by atoms with Crippen LogP contribution < -0.4 is 4.74 Å². The summed E-state index contributed by atoms with van der Waals surface area (Å²) < 4.78 is 6.10. The van der Waals surface area contributed by atoms with Gasteiger partial charge in [0, 0.05) is 10.9 Å². The smallest absolute Gasteiger partial charge is 0.133 e. The number of ether oxygens (including phenoxy) is 1. The SMILES string of the molecule is CCCC(C)Oc1c([C@@H](C)O)ccc2ccccc12. The number of hydrogen-bond acceptors (Lipinski definition) is 2. The fourth-order valence-corrected chi connectivity index (χ4v) is 2.39. The highest BCUT2D eigenvalue weighted by atomic mass is 16.5. The maximum atomic E-state index is 9.93. The number of fused-ring (bicyclic) bond motifs is 1. The van der Waals surface area contributed by atoms with Crippen LogP contribution >= 0.6 is 0 Å². The van der Waals surface area contributed by atoms with Gasteiger partial charge in [-0.15, -0.1) is 0 Å². The molecule has 0 aliphatic heterocycles. The maximum Gasteiger partial charge on any atom is 0.133 e. The minimum Gasteiger partial charge on any atom is -0.490 e. The summed E-state index contributed by atoms with van der Waals surface area (Å²) in [5.74, 6) is 0.828. The molecule has 0 bridgehead atoms. The first kappa shape index (κ1) is 13.9. The van der Waals surface area contributed by atoms with Crippen molar-refractivity contribution in [1.82, 2.24) is 0 Å². The van der Waals surface area contributed by atoms with Crippen molar-refractivity contribution < 1.29 is 9.84 Å². The molecule has 2 nitrogen and oxygen atoms in total. The lowest BCUT2D eigenvalue weighted by atomic mass is 10.0. The predicted molar refractivity (Wildman–Crippen MR) is 79.6 cm³/mol. The minimum absolute atomic E-state index is 0.160. The van der Waals surface area contributed by atoms with Crippen molar-refractivity contribution in [3.63, 3.8) is 0 Å². The zero-order valence-electron chi connectivity index (χ0n) is 11.9. The van der Waals surface area contributed by atoms with Crippen LogP contribution in [0.3, 0.4) is 0 Å². The molecule has 0 radical (unpaired) electrons. The average Bonchev–Trinajstić information content (AvgIpc) is 2.39. The van der Waals surface area contributed by atoms with Gasteiger partial charge in [0.25, 0.3) is 0 Å². The summed E-state index contributed by atoms with van der Waals surface area (Å²) in [4.78, 5) is 0. The third-order valence-corrected chi connectivity index (χ3v) is 3.37. The standard InChI is InChI=1S/C17H22O2/c1-4-7-12(2)19-17-15(13(3)18)11-10-14-8-5-6-9-16(14)17/h5-6,8-13,18H,4,7H2,1-3H3/t12?,13-/m1/s1. The number of hydrogen-bond donors (Lipinski definition) is 1. The molecule has 0 aliphatic carbocycles. The molecule has 0 aliphatic rings. The number of benzene rings is 2. The lowest BCUT2D eigenvalue weighted by molar-refractivity contribution is 0.176. The van der Waals surface area contributed by atoms with E-state index in [0.717, 1.165) is 34.9 Å². The van der Waals surface area contributed by atoms with Crippen molar-refractivity contribution in [3.8, 4) is 5.75 Å². The monoisotopic (exact) mass is 258 g/mol. The largest absolute Gasteiger partial charge is 0.490 e. The molecule has 2 atom stereocenters. The van der Waals surface area contributed by atoms with E-state index in [1.165, 1.54) is 0 Å². The van der Waals surface area contributed by atoms with Gasteiger partial charge in [0.05, 0.1) is 12.2 Å². The van der Waals surface area contributed by atoms with Gasteiger partial charge >= 0.3 is 0 Å². The van der Waals surface area contributed by atoms with Crippen molar-refractivity contribution in [3.05, 3.63) is 42.0 Å². The van der Waals surface area contributed by atoms with Crippen molar-refractivity contribution in [2.45, 2.75) is 45.8 Å². The Kier molecular flexibility index (Phi) is 4.43. The number of aliphatic hydroxyl groups excluding tert-OH is 1. The average molecular weight is 258 g/mol. The van der Waals surface area contributed by atoms with Crippen molar-refractivity contribution in [1.29, 1.82) is 0 Å². The summed E-state index contributed by atoms with van der Waals surface area (Å²) in [5, 5.41) is 12.1. The Morgan fingerprint density at radius 2 is 1.84 bits per heavy atom. The molecule has 102 valence electrons. The summed E-state index contributed by atoms with van der Waals surface area (Å²) in [6.07, 6.45) is 1.75. The van der Waals surface area contributed by atoms with Gasteiger partial charge in [-0.2, -0.15) is 0 Å². The highest BCUT2D eigenvalue weighted by molar-refractivity contribution is 5.89. The quantitative estimate of drug-likeness (QED) is 0.858. The van der Waals surface area contributed by atoms with Crippen LogP contribution in [0.15, 0.2) is 36.4 Å². The number of rotatable bonds is 5. The third-order valence-electron chi connectivity index (χ3n) is 3.37. The van der Waals surface area contributed by atoms with Crippen LogP contribution in [0.2, 0.25) is 0 Å². The summed E-state index contributed by atoms with van der Waals surface area (Å²) in [6, 6.07) is 12.1. The van der Waals surface area contributed by atoms with Crippen molar-refractivity contribution >= 4 is 10.8 Å². The molecule has 0 aromatic heterocycles. The van der Waals surface area contributed by atoms with Crippen molar-refractivity contribution in [2.24, 2.45) is 0 Å². The first-order valence-electron chi connectivity index (χ1n) is 6.99. The molecule has 0 heterocycles. The molecule has 0 saturated carbocycles. The van der Waals surface area contributed by atoms with Crippen LogP contribution in [0.5, 0.6) is 5.75 Å². The zero-order valence-corrected chi connectivity index (χ0v) is 11.9. The lowest BCUT2D eigenvalue weighted by Crippen LogP contribution is -2.13. The van der Waals surface area contributed by atoms with Gasteiger partial charge in [-0.3, -0.25) is 0 Å². The van der Waals surface area contributed by atoms with Gasteiger partial charge < -0.3 is 9.84 Å². The maximum absolute atomic E-state index is 9.93. The second-order valence-corrected chi connectivity index (χ2v) is 5.10. The Morgan fingerprint density at radius 3 is 2.53 bits per heavy atom. The molecule has 0 fully saturated rings. The summed E-state index contributed by atoms with van der Waals surface area (Å²) in [6.45, 7) is 6.01. The van der Waals surface area contributed by atoms with E-state index in [1.807, 2.05) is 24.3 Å². The Morgan fingerprint density at radius 1 is 1.11 bits per heavy atom. The Hall–Kier alpha value is -1.54. The van der Waals surface area contributed by atoms with E-state index in [1.54, 1.807) is 6.92 Å². The number of aliphatic hydroxyl groups is 1. The van der Waals surface area contributed by atoms with Gasteiger partial charge in [0.15, 0.2) is 0 Å². The molecule has 2 aromatic rings. The van der Waals surface area contributed by atoms with Gasteiger partial charge in [0.2, 0.25) is 0 Å². The Labute approximate surface area is 115 Å². The fourth-order valence-electron chi connectivity index (χ4n) is 2.39. The molecule has 2 heteroatoms. The van der Waals surface area contributed by atoms with E-state index in [4.69, 9.17) is 4.74 Å². The molecule has 1 N–H and O–H groups in total. The molecular weight excluding hydrogens is 236 g/mol. The molecule has 0 amide bonds. The summed E-state index contributed by atoms with van der Waals surface area (Å²) in [7, 11) is 0. The summed E-state index contributed by atoms with van der Waals surface area (Å²) >= 11 is 0. The molecule has 19 heavy (non-hydrogen) atoms. The molecule has 2 rings (SSSR count). The van der Waals surface area contributed by atoms with E-state index in [9.17, 15) is 5.11 Å². The Balaban J connectivity index is 2.49. The van der Waals surface area contributed by atoms with E-state index in [-0.39, 0.29) is 6.10 Å². The van der Waals surface area contributed by atoms with Crippen LogP contribution in [-0.4, -0.2) is 11.2 Å². The summed E-state index contributed by atoms with van der Waals surface area (Å²) in [5.41, 5.74) is 0.863. The Bertz CT molecular complexity index is 546. The lowest BCUT2D eigenvalue weighted by Gasteiger charge is -2.20. The molecule has 2 aromatic carbocycles. The van der Waals surface area contributed by atoms with Gasteiger partial charge in [-0.05, 0) is 25.7 Å². The van der Waals surface area contributed by atoms with Crippen LogP contribution in [0, 0.1) is 0 Å². The molecule has 0 saturated heterocycles. The second-order valence-electron chi connectivity index (χ2n) is 5.10. The van der Waals surface area contributed by atoms with Gasteiger partial charge in [-0.25, -0.2) is 0 Å². The molecular formula is C17H22O2. The second kappa shape index (κ2) is 6.07. The highest BCUT2D eigenvalue weighted by Gasteiger charge is 2.15. The van der Waals surface area contributed by atoms with Crippen LogP contribution in [-0.2, 0) is 0 Å². The topological polar surface area (TPSA) is 29.5 Å². The normalized spacial score (nSPS) is 14.3. The first-order valence-corrected chi connectivity index (χ1v) is 6.99. The van der Waals surface area contributed by atoms with Crippen molar-refractivity contribution in [2.75, 3.05) is 0 Å². The zero-order chi connectivity index (χ0) is 13.8. The van der Waals surface area contributed by atoms with Crippen LogP contribution in [0.4, 0.5) is 0 Å². The van der Waals surface area contributed by atoms with Gasteiger partial charge in [-0.1, -0.05) is 49.7 Å². The van der Waals surface area contributed by atoms with Gasteiger partial charge in [0.1, 0.15) is 5.75 Å². The van der Waals surface area contributed by atoms with Crippen LogP contribution in [0.1, 0.15) is 45.3 Å². The van der Waals surface area contributed by atoms with Crippen LogP contribution in [0.25, 0.3) is 10.8 Å². The first-order chi connectivity index (χ1) is 9.13. The fraction of sp³-hybridized carbons (Fsp3) is 0.412. The third kappa shape index (κ3) is 3.07. The van der Waals surface area contributed by atoms with E-state index < -0.39 is 6.10 Å². The highest BCUT2D eigenvalue weighted by Crippen LogP contribution is 2.34. The minimum atomic E-state index is -0.520. The molecule has 1 unspecified atom stereocenters. The van der Waals surface area contributed by atoms with E-state index >= 15 is 0 Å². The van der Waals surface area contributed by atoms with E-state index in [0.29, 0.717) is 0 Å². The molecule has 0 spiro atoms. The van der Waals surface area contributed by atoms with E-state index in [2.05, 4.69) is 26.0 Å².